The van der Waals surface area contributed by atoms with Crippen molar-refractivity contribution in [1.82, 2.24) is 10.2 Å². The number of unbranched alkanes of at least 4 members (excludes halogenated alkanes) is 1. The molecule has 0 aliphatic carbocycles. The van der Waals surface area contributed by atoms with Gasteiger partial charge in [0.15, 0.2) is 11.5 Å². The Bertz CT molecular complexity index is 499. The lowest BCUT2D eigenvalue weighted by Crippen LogP contribution is -2.45. The summed E-state index contributed by atoms with van der Waals surface area (Å²) in [5.41, 5.74) is 1.09. The normalized spacial score (nSPS) is 17.2. The van der Waals surface area contributed by atoms with Crippen LogP contribution in [0.25, 0.3) is 0 Å². The minimum atomic E-state index is -0.423. The first-order chi connectivity index (χ1) is 10.6. The zero-order chi connectivity index (χ0) is 15.9. The molecule has 1 aliphatic heterocycles. The molecule has 5 nitrogen and oxygen atoms in total. The smallest absolute Gasteiger partial charge is 0.308 e. The second-order valence-corrected chi connectivity index (χ2v) is 5.76. The van der Waals surface area contributed by atoms with Gasteiger partial charge in [0.25, 0.3) is 0 Å². The summed E-state index contributed by atoms with van der Waals surface area (Å²) in [6, 6.07) is 5.69. The molecule has 0 aromatic heterocycles. The van der Waals surface area contributed by atoms with Crippen LogP contribution in [0.3, 0.4) is 0 Å². The van der Waals surface area contributed by atoms with Gasteiger partial charge in [0, 0.05) is 39.1 Å². The Morgan fingerprint density at radius 2 is 2.14 bits per heavy atom. The highest BCUT2D eigenvalue weighted by Crippen LogP contribution is 2.33. The van der Waals surface area contributed by atoms with E-state index in [0.717, 1.165) is 51.0 Å². The Kier molecular flexibility index (Phi) is 6.21. The third-order valence-electron chi connectivity index (χ3n) is 4.04. The Balaban J connectivity index is 2.18. The lowest BCUT2D eigenvalue weighted by molar-refractivity contribution is -0.132. The number of nitrogens with zero attached hydrogens (tertiary/aromatic N) is 1. The maximum absolute atomic E-state index is 11.0. The van der Waals surface area contributed by atoms with Crippen LogP contribution in [-0.2, 0) is 4.79 Å². The Hall–Kier alpha value is -1.59. The summed E-state index contributed by atoms with van der Waals surface area (Å²) in [5, 5.41) is 13.5. The van der Waals surface area contributed by atoms with Crippen LogP contribution in [-0.4, -0.2) is 42.2 Å². The van der Waals surface area contributed by atoms with Gasteiger partial charge in [-0.2, -0.15) is 0 Å². The number of esters is 1. The molecule has 2 N–H and O–H groups in total. The number of phenolic OH excluding ortho intramolecular Hbond substituents is 1. The third-order valence-corrected chi connectivity index (χ3v) is 4.04. The van der Waals surface area contributed by atoms with Gasteiger partial charge in [-0.15, -0.1) is 0 Å². The Morgan fingerprint density at radius 3 is 2.73 bits per heavy atom. The topological polar surface area (TPSA) is 61.8 Å². The van der Waals surface area contributed by atoms with Gasteiger partial charge in [-0.25, -0.2) is 0 Å². The molecule has 1 aromatic carbocycles. The number of hydrogen-bond acceptors (Lipinski definition) is 5. The average Bonchev–Trinajstić information content (AvgIpc) is 2.51. The minimum absolute atomic E-state index is 0.0318. The molecule has 5 heteroatoms. The third kappa shape index (κ3) is 4.45. The predicted octanol–water partition coefficient (Wildman–Crippen LogP) is 2.45. The molecule has 0 amide bonds. The minimum Gasteiger partial charge on any atom is -0.504 e. The molecule has 1 saturated heterocycles. The Labute approximate surface area is 132 Å². The molecule has 0 spiro atoms. The predicted molar refractivity (Wildman–Crippen MR) is 86.1 cm³/mol. The van der Waals surface area contributed by atoms with E-state index >= 15 is 0 Å². The van der Waals surface area contributed by atoms with E-state index in [1.807, 2.05) is 6.07 Å². The molecule has 1 heterocycles. The van der Waals surface area contributed by atoms with E-state index in [4.69, 9.17) is 4.74 Å². The quantitative estimate of drug-likeness (QED) is 0.624. The molecule has 1 aliphatic rings. The summed E-state index contributed by atoms with van der Waals surface area (Å²) in [6.07, 6.45) is 3.38. The molecule has 0 saturated carbocycles. The van der Waals surface area contributed by atoms with Crippen LogP contribution in [0.15, 0.2) is 18.2 Å². The number of phenols is 1. The first-order valence-electron chi connectivity index (χ1n) is 8.08. The lowest BCUT2D eigenvalue weighted by Gasteiger charge is -2.35. The molecular weight excluding hydrogens is 280 g/mol. The van der Waals surface area contributed by atoms with Crippen molar-refractivity contribution >= 4 is 5.97 Å². The number of carbonyl (C=O) groups is 1. The number of carbonyl (C=O) groups excluding carboxylic acids is 1. The van der Waals surface area contributed by atoms with E-state index in [1.54, 1.807) is 12.1 Å². The summed E-state index contributed by atoms with van der Waals surface area (Å²) in [7, 11) is 0. The summed E-state index contributed by atoms with van der Waals surface area (Å²) in [4.78, 5) is 13.5. The van der Waals surface area contributed by atoms with Crippen LogP contribution in [0, 0.1) is 0 Å². The number of ether oxygens (including phenoxy) is 1. The number of hydrogen-bond donors (Lipinski definition) is 2. The molecule has 22 heavy (non-hydrogen) atoms. The highest BCUT2D eigenvalue weighted by Gasteiger charge is 2.22. The van der Waals surface area contributed by atoms with E-state index in [-0.39, 0.29) is 11.5 Å². The van der Waals surface area contributed by atoms with E-state index in [0.29, 0.717) is 6.04 Å². The SMILES string of the molecule is CCCC[C@H](c1ccc(OC(C)=O)c(O)c1)N1CCNCC1. The summed E-state index contributed by atoms with van der Waals surface area (Å²) < 4.78 is 4.99. The largest absolute Gasteiger partial charge is 0.504 e. The van der Waals surface area contributed by atoms with Crippen molar-refractivity contribution in [2.75, 3.05) is 26.2 Å². The van der Waals surface area contributed by atoms with Crippen LogP contribution in [0.5, 0.6) is 11.5 Å². The fraction of sp³-hybridized carbons (Fsp3) is 0.588. The molecule has 122 valence electrons. The van der Waals surface area contributed by atoms with Gasteiger partial charge in [0.2, 0.25) is 0 Å². The highest BCUT2D eigenvalue weighted by molar-refractivity contribution is 5.70. The number of rotatable bonds is 6. The first-order valence-corrected chi connectivity index (χ1v) is 8.08. The van der Waals surface area contributed by atoms with Crippen molar-refractivity contribution in [1.29, 1.82) is 0 Å². The van der Waals surface area contributed by atoms with E-state index in [2.05, 4.69) is 17.1 Å². The van der Waals surface area contributed by atoms with Gasteiger partial charge in [-0.1, -0.05) is 25.8 Å². The molecule has 0 radical (unpaired) electrons. The van der Waals surface area contributed by atoms with E-state index in [1.165, 1.54) is 6.92 Å². The molecule has 0 unspecified atom stereocenters. The zero-order valence-corrected chi connectivity index (χ0v) is 13.5. The summed E-state index contributed by atoms with van der Waals surface area (Å²) >= 11 is 0. The van der Waals surface area contributed by atoms with Crippen LogP contribution >= 0.6 is 0 Å². The van der Waals surface area contributed by atoms with Crippen molar-refractivity contribution in [3.8, 4) is 11.5 Å². The van der Waals surface area contributed by atoms with Gasteiger partial charge in [0.1, 0.15) is 0 Å². The van der Waals surface area contributed by atoms with Gasteiger partial charge in [-0.05, 0) is 24.1 Å². The lowest BCUT2D eigenvalue weighted by atomic mass is 9.98. The van der Waals surface area contributed by atoms with Crippen LogP contribution in [0.2, 0.25) is 0 Å². The van der Waals surface area contributed by atoms with E-state index in [9.17, 15) is 9.90 Å². The standard InChI is InChI=1S/C17H26N2O3/c1-3-4-5-15(19-10-8-18-9-11-19)14-6-7-17(16(21)12-14)22-13(2)20/h6-7,12,15,18,21H,3-5,8-11H2,1-2H3/t15-/m1/s1. The van der Waals surface area contributed by atoms with Crippen molar-refractivity contribution in [2.45, 2.75) is 39.2 Å². The molecule has 1 aromatic rings. The van der Waals surface area contributed by atoms with E-state index < -0.39 is 5.97 Å². The van der Waals surface area contributed by atoms with Gasteiger partial charge in [0.05, 0.1) is 0 Å². The number of aromatic hydroxyl groups is 1. The van der Waals surface area contributed by atoms with Crippen LogP contribution < -0.4 is 10.1 Å². The molecular formula is C17H26N2O3. The monoisotopic (exact) mass is 306 g/mol. The van der Waals surface area contributed by atoms with Gasteiger partial charge in [-0.3, -0.25) is 9.69 Å². The van der Waals surface area contributed by atoms with Gasteiger partial charge >= 0.3 is 5.97 Å². The maximum atomic E-state index is 11.0. The average molecular weight is 306 g/mol. The van der Waals surface area contributed by atoms with Crippen molar-refractivity contribution in [3.63, 3.8) is 0 Å². The fourth-order valence-corrected chi connectivity index (χ4v) is 2.93. The summed E-state index contributed by atoms with van der Waals surface area (Å²) in [5.74, 6) is -0.164. The maximum Gasteiger partial charge on any atom is 0.308 e. The molecule has 2 rings (SSSR count). The second-order valence-electron chi connectivity index (χ2n) is 5.76. The number of benzene rings is 1. The second kappa shape index (κ2) is 8.15. The highest BCUT2D eigenvalue weighted by atomic mass is 16.5. The van der Waals surface area contributed by atoms with Gasteiger partial charge < -0.3 is 15.2 Å². The molecule has 1 fully saturated rings. The van der Waals surface area contributed by atoms with Crippen molar-refractivity contribution in [3.05, 3.63) is 23.8 Å². The number of nitrogens with one attached hydrogen (secondary N) is 1. The number of piperazine rings is 1. The zero-order valence-electron chi connectivity index (χ0n) is 13.5. The first kappa shape index (κ1) is 16.8. The van der Waals surface area contributed by atoms with Crippen LogP contribution in [0.1, 0.15) is 44.7 Å². The Morgan fingerprint density at radius 1 is 1.41 bits per heavy atom. The molecule has 1 atom stereocenters. The molecule has 0 bridgehead atoms. The van der Waals surface area contributed by atoms with Crippen molar-refractivity contribution in [2.24, 2.45) is 0 Å². The summed E-state index contributed by atoms with van der Waals surface area (Å²) in [6.45, 7) is 7.55. The van der Waals surface area contributed by atoms with Crippen molar-refractivity contribution < 1.29 is 14.6 Å². The fourth-order valence-electron chi connectivity index (χ4n) is 2.93. The van der Waals surface area contributed by atoms with Crippen LogP contribution in [0.4, 0.5) is 0 Å².